The zero-order valence-electron chi connectivity index (χ0n) is 7.47. The summed E-state index contributed by atoms with van der Waals surface area (Å²) in [6.45, 7) is 0. The molecule has 0 aromatic rings. The molecule has 13 heavy (non-hydrogen) atoms. The van der Waals surface area contributed by atoms with Crippen molar-refractivity contribution in [2.75, 3.05) is 14.1 Å². The number of carbonyl (C=O) groups is 2. The third kappa shape index (κ3) is 3.86. The zero-order chi connectivity index (χ0) is 10.6. The summed E-state index contributed by atoms with van der Waals surface area (Å²) in [6.07, 6.45) is -1.97. The van der Waals surface area contributed by atoms with E-state index in [4.69, 9.17) is 10.2 Å². The van der Waals surface area contributed by atoms with E-state index < -0.39 is 30.5 Å². The first-order valence-electron chi connectivity index (χ1n) is 3.65. The standard InChI is InChI=1S/C7H13NO5/c1-8(2)6(7(12)13)4(9)3-5(10)11/h4,6,9H,3H2,1-2H3,(H,10,11)(H,12,13)/t4?,6-/m0/s1. The molecule has 6 nitrogen and oxygen atoms in total. The van der Waals surface area contributed by atoms with Gasteiger partial charge >= 0.3 is 11.9 Å². The van der Waals surface area contributed by atoms with E-state index in [9.17, 15) is 14.7 Å². The average molecular weight is 191 g/mol. The summed E-state index contributed by atoms with van der Waals surface area (Å²) in [7, 11) is 2.92. The molecule has 0 aliphatic rings. The number of nitrogens with zero attached hydrogens (tertiary/aromatic N) is 1. The number of rotatable bonds is 5. The van der Waals surface area contributed by atoms with Gasteiger partial charge in [-0.25, -0.2) is 0 Å². The smallest absolute Gasteiger partial charge is 0.323 e. The number of hydrogen-bond donors (Lipinski definition) is 3. The Balaban J connectivity index is 4.37. The first kappa shape index (κ1) is 11.9. The zero-order valence-corrected chi connectivity index (χ0v) is 7.47. The van der Waals surface area contributed by atoms with E-state index in [2.05, 4.69) is 0 Å². The van der Waals surface area contributed by atoms with E-state index in [-0.39, 0.29) is 0 Å². The van der Waals surface area contributed by atoms with Gasteiger partial charge in [0.25, 0.3) is 0 Å². The molecule has 0 aliphatic heterocycles. The lowest BCUT2D eigenvalue weighted by molar-refractivity contribution is -0.149. The molecule has 0 spiro atoms. The Bertz CT molecular complexity index is 203. The van der Waals surface area contributed by atoms with Crippen molar-refractivity contribution in [3.63, 3.8) is 0 Å². The third-order valence-electron chi connectivity index (χ3n) is 1.56. The van der Waals surface area contributed by atoms with Crippen molar-refractivity contribution in [3.05, 3.63) is 0 Å². The molecule has 2 atom stereocenters. The van der Waals surface area contributed by atoms with Crippen molar-refractivity contribution >= 4 is 11.9 Å². The van der Waals surface area contributed by atoms with Crippen LogP contribution in [0.1, 0.15) is 6.42 Å². The maximum Gasteiger partial charge on any atom is 0.323 e. The fourth-order valence-corrected chi connectivity index (χ4v) is 1.02. The fraction of sp³-hybridized carbons (Fsp3) is 0.714. The number of aliphatic carboxylic acids is 2. The molecule has 3 N–H and O–H groups in total. The van der Waals surface area contributed by atoms with E-state index in [1.807, 2.05) is 0 Å². The summed E-state index contributed by atoms with van der Waals surface area (Å²) in [5, 5.41) is 26.2. The Labute approximate surface area is 75.4 Å². The van der Waals surface area contributed by atoms with Gasteiger partial charge in [0.15, 0.2) is 0 Å². The first-order chi connectivity index (χ1) is 5.86. The topological polar surface area (TPSA) is 98.1 Å². The number of likely N-dealkylation sites (N-methyl/N-ethyl adjacent to an activating group) is 1. The van der Waals surface area contributed by atoms with Gasteiger partial charge in [-0.2, -0.15) is 0 Å². The summed E-state index contributed by atoms with van der Waals surface area (Å²) in [6, 6.07) is -1.18. The van der Waals surface area contributed by atoms with Gasteiger partial charge in [0.1, 0.15) is 6.04 Å². The van der Waals surface area contributed by atoms with Crippen molar-refractivity contribution in [2.45, 2.75) is 18.6 Å². The highest BCUT2D eigenvalue weighted by Gasteiger charge is 2.29. The molecule has 0 radical (unpaired) electrons. The van der Waals surface area contributed by atoms with Crippen LogP contribution in [-0.2, 0) is 9.59 Å². The molecule has 1 unspecified atom stereocenters. The summed E-state index contributed by atoms with van der Waals surface area (Å²) < 4.78 is 0. The molecule has 0 aromatic heterocycles. The number of aliphatic hydroxyl groups excluding tert-OH is 1. The SMILES string of the molecule is CN(C)[C@H](C(=O)O)C(O)CC(=O)O. The van der Waals surface area contributed by atoms with Crippen LogP contribution < -0.4 is 0 Å². The van der Waals surface area contributed by atoms with E-state index in [0.29, 0.717) is 0 Å². The van der Waals surface area contributed by atoms with Crippen molar-refractivity contribution in [2.24, 2.45) is 0 Å². The number of aliphatic hydroxyl groups is 1. The van der Waals surface area contributed by atoms with Gasteiger partial charge in [-0.1, -0.05) is 0 Å². The van der Waals surface area contributed by atoms with Crippen molar-refractivity contribution in [1.82, 2.24) is 4.90 Å². The molecular formula is C7H13NO5. The second-order valence-electron chi connectivity index (χ2n) is 2.91. The number of carboxylic acids is 2. The summed E-state index contributed by atoms with van der Waals surface area (Å²) >= 11 is 0. The van der Waals surface area contributed by atoms with E-state index in [1.54, 1.807) is 0 Å². The highest BCUT2D eigenvalue weighted by atomic mass is 16.4. The van der Waals surface area contributed by atoms with Crippen molar-refractivity contribution in [1.29, 1.82) is 0 Å². The Morgan fingerprint density at radius 1 is 1.31 bits per heavy atom. The maximum absolute atomic E-state index is 10.6. The largest absolute Gasteiger partial charge is 0.481 e. The molecule has 76 valence electrons. The lowest BCUT2D eigenvalue weighted by Gasteiger charge is -2.23. The Hall–Kier alpha value is -1.14. The van der Waals surface area contributed by atoms with Gasteiger partial charge in [0.05, 0.1) is 12.5 Å². The molecule has 0 bridgehead atoms. The van der Waals surface area contributed by atoms with Crippen LogP contribution in [0.25, 0.3) is 0 Å². The summed E-state index contributed by atoms with van der Waals surface area (Å²) in [5.74, 6) is -2.46. The number of hydrogen-bond acceptors (Lipinski definition) is 4. The van der Waals surface area contributed by atoms with Crippen LogP contribution >= 0.6 is 0 Å². The van der Waals surface area contributed by atoms with Gasteiger partial charge < -0.3 is 15.3 Å². The molecule has 0 saturated carbocycles. The average Bonchev–Trinajstić information content (AvgIpc) is 1.81. The highest BCUT2D eigenvalue weighted by Crippen LogP contribution is 2.05. The molecule has 0 fully saturated rings. The maximum atomic E-state index is 10.6. The summed E-state index contributed by atoms with van der Waals surface area (Å²) in [4.78, 5) is 22.0. The first-order valence-corrected chi connectivity index (χ1v) is 3.65. The normalized spacial score (nSPS) is 15.4. The molecule has 0 heterocycles. The molecule has 0 rings (SSSR count). The second-order valence-corrected chi connectivity index (χ2v) is 2.91. The van der Waals surface area contributed by atoms with Gasteiger partial charge in [-0.15, -0.1) is 0 Å². The molecule has 0 amide bonds. The van der Waals surface area contributed by atoms with Crippen LogP contribution in [0.4, 0.5) is 0 Å². The lowest BCUT2D eigenvalue weighted by atomic mass is 10.1. The predicted octanol–water partition coefficient (Wildman–Crippen LogP) is -1.16. The minimum absolute atomic E-state index is 0.574. The van der Waals surface area contributed by atoms with Crippen molar-refractivity contribution < 1.29 is 24.9 Å². The molecule has 0 aliphatic carbocycles. The van der Waals surface area contributed by atoms with E-state index in [1.165, 1.54) is 19.0 Å². The van der Waals surface area contributed by atoms with Crippen molar-refractivity contribution in [3.8, 4) is 0 Å². The molecule has 6 heteroatoms. The highest BCUT2D eigenvalue weighted by molar-refractivity contribution is 5.76. The molecule has 0 saturated heterocycles. The monoisotopic (exact) mass is 191 g/mol. The van der Waals surface area contributed by atoms with Crippen LogP contribution in [0.3, 0.4) is 0 Å². The predicted molar refractivity (Wildman–Crippen MR) is 43.4 cm³/mol. The second kappa shape index (κ2) is 4.78. The van der Waals surface area contributed by atoms with Crippen LogP contribution in [0, 0.1) is 0 Å². The van der Waals surface area contributed by atoms with Crippen LogP contribution in [0.2, 0.25) is 0 Å². The van der Waals surface area contributed by atoms with Crippen LogP contribution in [-0.4, -0.2) is 58.4 Å². The minimum atomic E-state index is -1.40. The van der Waals surface area contributed by atoms with Gasteiger partial charge in [-0.05, 0) is 14.1 Å². The Kier molecular flexibility index (Phi) is 4.36. The van der Waals surface area contributed by atoms with E-state index >= 15 is 0 Å². The molecular weight excluding hydrogens is 178 g/mol. The summed E-state index contributed by atoms with van der Waals surface area (Å²) in [5.41, 5.74) is 0. The van der Waals surface area contributed by atoms with Crippen LogP contribution in [0.5, 0.6) is 0 Å². The minimum Gasteiger partial charge on any atom is -0.481 e. The fourth-order valence-electron chi connectivity index (χ4n) is 1.02. The van der Waals surface area contributed by atoms with Gasteiger partial charge in [-0.3, -0.25) is 14.5 Å². The molecule has 0 aromatic carbocycles. The van der Waals surface area contributed by atoms with Gasteiger partial charge in [0, 0.05) is 0 Å². The third-order valence-corrected chi connectivity index (χ3v) is 1.56. The quantitative estimate of drug-likeness (QED) is 0.507. The Morgan fingerprint density at radius 3 is 2.00 bits per heavy atom. The number of carboxylic acid groups (broad SMARTS) is 2. The lowest BCUT2D eigenvalue weighted by Crippen LogP contribution is -2.46. The Morgan fingerprint density at radius 2 is 1.77 bits per heavy atom. The van der Waals surface area contributed by atoms with Crippen LogP contribution in [0.15, 0.2) is 0 Å². The van der Waals surface area contributed by atoms with Gasteiger partial charge in [0.2, 0.25) is 0 Å². The van der Waals surface area contributed by atoms with E-state index in [0.717, 1.165) is 0 Å².